The van der Waals surface area contributed by atoms with Crippen LogP contribution in [0.5, 0.6) is 5.75 Å². The van der Waals surface area contributed by atoms with Gasteiger partial charge < -0.3 is 4.74 Å². The molecule has 1 aromatic heterocycles. The van der Waals surface area contributed by atoms with Gasteiger partial charge in [-0.2, -0.15) is 0 Å². The Balaban J connectivity index is 2.54. The molecule has 2 aromatic rings. The Bertz CT molecular complexity index is 450. The number of thiazole rings is 1. The molecule has 0 aliphatic rings. The van der Waals surface area contributed by atoms with Gasteiger partial charge in [0, 0.05) is 6.07 Å². The maximum absolute atomic E-state index is 10.1. The van der Waals surface area contributed by atoms with E-state index < -0.39 is 0 Å². The molecular formula is C9H7NO2S. The van der Waals surface area contributed by atoms with Crippen LogP contribution in [0.1, 0.15) is 5.01 Å². The van der Waals surface area contributed by atoms with Gasteiger partial charge in [0.15, 0.2) is 0 Å². The fraction of sp³-hybridized carbons (Fsp3) is 0.111. The summed E-state index contributed by atoms with van der Waals surface area (Å²) in [6, 6.07) is 5.42. The van der Waals surface area contributed by atoms with Crippen LogP contribution in [0, 0.1) is 6.92 Å². The van der Waals surface area contributed by atoms with E-state index >= 15 is 0 Å². The van der Waals surface area contributed by atoms with Gasteiger partial charge in [0.05, 0.1) is 15.2 Å². The van der Waals surface area contributed by atoms with Gasteiger partial charge in [-0.3, -0.25) is 4.79 Å². The Morgan fingerprint density at radius 1 is 1.54 bits per heavy atom. The van der Waals surface area contributed by atoms with Crippen molar-refractivity contribution in [3.8, 4) is 5.75 Å². The van der Waals surface area contributed by atoms with Gasteiger partial charge in [-0.05, 0) is 19.1 Å². The molecule has 1 heterocycles. The molecule has 0 aliphatic carbocycles. The number of fused-ring (bicyclic) bond motifs is 1. The van der Waals surface area contributed by atoms with Crippen LogP contribution in [0.4, 0.5) is 0 Å². The Labute approximate surface area is 79.0 Å². The smallest absolute Gasteiger partial charge is 0.298 e. The van der Waals surface area contributed by atoms with Crippen molar-refractivity contribution in [2.24, 2.45) is 0 Å². The minimum atomic E-state index is 0.417. The molecule has 4 heteroatoms. The summed E-state index contributed by atoms with van der Waals surface area (Å²) in [6.07, 6.45) is 0. The minimum absolute atomic E-state index is 0.417. The summed E-state index contributed by atoms with van der Waals surface area (Å²) in [5.41, 5.74) is 0.877. The van der Waals surface area contributed by atoms with Crippen LogP contribution in [0.25, 0.3) is 10.2 Å². The molecule has 0 aliphatic heterocycles. The number of aromatic nitrogens is 1. The van der Waals surface area contributed by atoms with E-state index in [4.69, 9.17) is 4.74 Å². The summed E-state index contributed by atoms with van der Waals surface area (Å²) >= 11 is 1.62. The first kappa shape index (κ1) is 8.19. The van der Waals surface area contributed by atoms with Crippen LogP contribution in [-0.4, -0.2) is 11.5 Å². The molecule has 0 amide bonds. The highest BCUT2D eigenvalue weighted by atomic mass is 32.1. The van der Waals surface area contributed by atoms with E-state index in [1.165, 1.54) is 0 Å². The van der Waals surface area contributed by atoms with Crippen molar-refractivity contribution in [1.82, 2.24) is 4.98 Å². The van der Waals surface area contributed by atoms with E-state index in [-0.39, 0.29) is 0 Å². The standard InChI is InChI=1S/C9H7NO2S/c1-6-10-8-4-7(12-5-11)2-3-9(8)13-6/h2-5H,1H3. The summed E-state index contributed by atoms with van der Waals surface area (Å²) in [5.74, 6) is 0.535. The number of carbonyl (C=O) groups excluding carboxylic acids is 1. The predicted molar refractivity (Wildman–Crippen MR) is 51.0 cm³/mol. The zero-order chi connectivity index (χ0) is 9.26. The topological polar surface area (TPSA) is 39.2 Å². The Morgan fingerprint density at radius 2 is 2.38 bits per heavy atom. The Hall–Kier alpha value is -1.42. The fourth-order valence-electron chi connectivity index (χ4n) is 1.15. The molecular weight excluding hydrogens is 186 g/mol. The second-order valence-corrected chi connectivity index (χ2v) is 3.81. The zero-order valence-corrected chi connectivity index (χ0v) is 7.80. The summed E-state index contributed by atoms with van der Waals surface area (Å²) in [4.78, 5) is 14.4. The van der Waals surface area contributed by atoms with Crippen LogP contribution in [0.15, 0.2) is 18.2 Å². The van der Waals surface area contributed by atoms with E-state index in [0.29, 0.717) is 12.2 Å². The molecule has 3 nitrogen and oxygen atoms in total. The number of aryl methyl sites for hydroxylation is 1. The summed E-state index contributed by atoms with van der Waals surface area (Å²) in [5, 5.41) is 1.01. The number of ether oxygens (including phenoxy) is 1. The maximum Gasteiger partial charge on any atom is 0.298 e. The average Bonchev–Trinajstić information content (AvgIpc) is 2.44. The van der Waals surface area contributed by atoms with Gasteiger partial charge in [-0.25, -0.2) is 4.98 Å². The summed E-state index contributed by atoms with van der Waals surface area (Å²) in [7, 11) is 0. The van der Waals surface area contributed by atoms with E-state index in [1.54, 1.807) is 23.5 Å². The average molecular weight is 193 g/mol. The van der Waals surface area contributed by atoms with Crippen molar-refractivity contribution in [1.29, 1.82) is 0 Å². The highest BCUT2D eigenvalue weighted by Crippen LogP contribution is 2.25. The molecule has 1 aromatic carbocycles. The molecule has 0 saturated heterocycles. The predicted octanol–water partition coefficient (Wildman–Crippen LogP) is 2.14. The zero-order valence-electron chi connectivity index (χ0n) is 6.98. The third kappa shape index (κ3) is 1.53. The van der Waals surface area contributed by atoms with Crippen LogP contribution >= 0.6 is 11.3 Å². The van der Waals surface area contributed by atoms with E-state index in [2.05, 4.69) is 4.98 Å². The first-order chi connectivity index (χ1) is 6.29. The molecule has 0 radical (unpaired) electrons. The molecule has 0 N–H and O–H groups in total. The highest BCUT2D eigenvalue weighted by molar-refractivity contribution is 7.18. The third-order valence-electron chi connectivity index (χ3n) is 1.65. The monoisotopic (exact) mass is 193 g/mol. The van der Waals surface area contributed by atoms with Gasteiger partial charge in [0.1, 0.15) is 5.75 Å². The molecule has 2 rings (SSSR count). The SMILES string of the molecule is Cc1nc2cc(OC=O)ccc2s1. The minimum Gasteiger partial charge on any atom is -0.429 e. The highest BCUT2D eigenvalue weighted by Gasteiger charge is 2.01. The van der Waals surface area contributed by atoms with Crippen LogP contribution in [0.3, 0.4) is 0 Å². The maximum atomic E-state index is 10.1. The van der Waals surface area contributed by atoms with Crippen LogP contribution in [-0.2, 0) is 4.79 Å². The van der Waals surface area contributed by atoms with Crippen molar-refractivity contribution in [3.63, 3.8) is 0 Å². The van der Waals surface area contributed by atoms with Crippen molar-refractivity contribution < 1.29 is 9.53 Å². The second kappa shape index (κ2) is 3.14. The van der Waals surface area contributed by atoms with Gasteiger partial charge in [0.25, 0.3) is 6.47 Å². The number of hydrogen-bond donors (Lipinski definition) is 0. The van der Waals surface area contributed by atoms with Gasteiger partial charge in [-0.15, -0.1) is 11.3 Å². The lowest BCUT2D eigenvalue weighted by molar-refractivity contribution is -0.120. The molecule has 0 atom stereocenters. The van der Waals surface area contributed by atoms with Gasteiger partial charge in [0.2, 0.25) is 0 Å². The second-order valence-electron chi connectivity index (χ2n) is 2.58. The van der Waals surface area contributed by atoms with E-state index in [1.807, 2.05) is 13.0 Å². The van der Waals surface area contributed by atoms with Gasteiger partial charge in [-0.1, -0.05) is 0 Å². The van der Waals surface area contributed by atoms with E-state index in [9.17, 15) is 4.79 Å². The largest absolute Gasteiger partial charge is 0.429 e. The third-order valence-corrected chi connectivity index (χ3v) is 2.60. The Kier molecular flexibility index (Phi) is 1.98. The molecule has 0 bridgehead atoms. The van der Waals surface area contributed by atoms with Crippen LogP contribution in [0.2, 0.25) is 0 Å². The number of hydrogen-bond acceptors (Lipinski definition) is 4. The van der Waals surface area contributed by atoms with Gasteiger partial charge >= 0.3 is 0 Å². The van der Waals surface area contributed by atoms with Crippen LogP contribution < -0.4 is 4.74 Å². The first-order valence-electron chi connectivity index (χ1n) is 3.77. The van der Waals surface area contributed by atoms with Crippen molar-refractivity contribution in [2.45, 2.75) is 6.92 Å². The van der Waals surface area contributed by atoms with Crippen molar-refractivity contribution >= 4 is 28.0 Å². The Morgan fingerprint density at radius 3 is 3.15 bits per heavy atom. The molecule has 0 unspecified atom stereocenters. The molecule has 0 spiro atoms. The number of carbonyl (C=O) groups is 1. The lowest BCUT2D eigenvalue weighted by Gasteiger charge is -1.94. The number of rotatable bonds is 2. The number of nitrogens with zero attached hydrogens (tertiary/aromatic N) is 1. The summed E-state index contributed by atoms with van der Waals surface area (Å²) < 4.78 is 5.81. The molecule has 0 saturated carbocycles. The first-order valence-corrected chi connectivity index (χ1v) is 4.59. The lowest BCUT2D eigenvalue weighted by atomic mass is 10.3. The van der Waals surface area contributed by atoms with Crippen molar-refractivity contribution in [2.75, 3.05) is 0 Å². The lowest BCUT2D eigenvalue weighted by Crippen LogP contribution is -1.87. The molecule has 0 fully saturated rings. The number of benzene rings is 1. The normalized spacial score (nSPS) is 10.2. The fourth-order valence-corrected chi connectivity index (χ4v) is 1.96. The van der Waals surface area contributed by atoms with Crippen molar-refractivity contribution in [3.05, 3.63) is 23.2 Å². The quantitative estimate of drug-likeness (QED) is 0.686. The van der Waals surface area contributed by atoms with E-state index in [0.717, 1.165) is 15.2 Å². The summed E-state index contributed by atoms with van der Waals surface area (Å²) in [6.45, 7) is 2.37. The molecule has 13 heavy (non-hydrogen) atoms. The molecule has 66 valence electrons.